The second-order valence-electron chi connectivity index (χ2n) is 10.9. The van der Waals surface area contributed by atoms with Crippen molar-refractivity contribution in [3.8, 4) is 17.2 Å². The van der Waals surface area contributed by atoms with Gasteiger partial charge in [-0.05, 0) is 54.3 Å². The number of allylic oxidation sites excluding steroid dienone is 3. The Morgan fingerprint density at radius 1 is 0.886 bits per heavy atom. The predicted molar refractivity (Wildman–Crippen MR) is 154 cm³/mol. The quantitative estimate of drug-likeness (QED) is 0.194. The Morgan fingerprint density at radius 2 is 1.45 bits per heavy atom. The fourth-order valence-electron chi connectivity index (χ4n) is 5.64. The molecule has 4 N–H and O–H groups in total. The first-order chi connectivity index (χ1) is 20.8. The summed E-state index contributed by atoms with van der Waals surface area (Å²) in [5, 5.41) is 58.0. The third-order valence-corrected chi connectivity index (χ3v) is 8.44. The topological polar surface area (TPSA) is 186 Å². The van der Waals surface area contributed by atoms with Gasteiger partial charge >= 0.3 is 17.5 Å². The van der Waals surface area contributed by atoms with Crippen LogP contribution >= 0.6 is 0 Å². The van der Waals surface area contributed by atoms with Crippen LogP contribution in [-0.4, -0.2) is 60.6 Å². The Bertz CT molecular complexity index is 1680. The molecule has 0 fully saturated rings. The van der Waals surface area contributed by atoms with Crippen molar-refractivity contribution >= 4 is 28.6 Å². The summed E-state index contributed by atoms with van der Waals surface area (Å²) in [7, 11) is 1.21. The number of Topliss-reactive ketones (excluding diaryl/α,β-unsaturated/α-hetero) is 2. The molecule has 0 bridgehead atoms. The number of phenols is 1. The van der Waals surface area contributed by atoms with E-state index in [1.807, 2.05) is 0 Å². The maximum Gasteiger partial charge on any atom is 0.374 e. The lowest BCUT2D eigenvalue weighted by atomic mass is 9.86. The highest BCUT2D eigenvalue weighted by Gasteiger charge is 2.72. The van der Waals surface area contributed by atoms with E-state index in [4.69, 9.17) is 14.4 Å². The standard InChI is InChI=1S/C31H32N2O11/c1-6-15(3)24-29(39)33(41)31(16(4)7-2,30(40)32(24)42-5)43-21-14-18(10-13-20(21)44-33)23-27(37)25(35)22(26(36)28(23)38)17-8-11-19(34)12-9-17/h8-16,34-35,38-39H,6-7H2,1-5H3/t15-,16-,31+,33-/m0/s1. The molecule has 232 valence electrons. The Morgan fingerprint density at radius 3 is 2.00 bits per heavy atom. The van der Waals surface area contributed by atoms with Gasteiger partial charge in [0.05, 0.1) is 24.2 Å². The van der Waals surface area contributed by atoms with Gasteiger partial charge in [-0.15, -0.1) is 0 Å². The van der Waals surface area contributed by atoms with E-state index in [2.05, 4.69) is 0 Å². The summed E-state index contributed by atoms with van der Waals surface area (Å²) in [6.07, 6.45) is 0.679. The third kappa shape index (κ3) is 4.08. The summed E-state index contributed by atoms with van der Waals surface area (Å²) < 4.78 is 6.18. The minimum atomic E-state index is -2.44. The number of aliphatic hydroxyl groups excluding tert-OH is 3. The molecule has 0 unspecified atom stereocenters. The van der Waals surface area contributed by atoms with Crippen LogP contribution in [0.4, 0.5) is 0 Å². The van der Waals surface area contributed by atoms with Crippen LogP contribution < -0.4 is 9.57 Å². The molecule has 0 aromatic heterocycles. The lowest BCUT2D eigenvalue weighted by Gasteiger charge is -2.56. The van der Waals surface area contributed by atoms with E-state index in [1.165, 1.54) is 49.6 Å². The van der Waals surface area contributed by atoms with E-state index in [9.17, 15) is 40.0 Å². The minimum absolute atomic E-state index is 0.0781. The Labute approximate surface area is 252 Å². The highest BCUT2D eigenvalue weighted by molar-refractivity contribution is 6.46. The van der Waals surface area contributed by atoms with E-state index < -0.39 is 68.4 Å². The first-order valence-corrected chi connectivity index (χ1v) is 14.0. The first kappa shape index (κ1) is 30.6. The molecule has 4 atom stereocenters. The van der Waals surface area contributed by atoms with Crippen LogP contribution in [0.15, 0.2) is 65.6 Å². The minimum Gasteiger partial charge on any atom is -0.578 e. The normalized spacial score (nSPS) is 25.0. The number of phenolic OH excluding ortho intramolecular Hbond substituents is 1. The van der Waals surface area contributed by atoms with Gasteiger partial charge in [-0.2, -0.15) is 5.06 Å². The number of rotatable bonds is 7. The van der Waals surface area contributed by atoms with Gasteiger partial charge in [0.2, 0.25) is 17.3 Å². The molecule has 44 heavy (non-hydrogen) atoms. The van der Waals surface area contributed by atoms with Crippen LogP contribution in [0.25, 0.3) is 11.1 Å². The first-order valence-electron chi connectivity index (χ1n) is 14.0. The smallest absolute Gasteiger partial charge is 0.374 e. The van der Waals surface area contributed by atoms with Crippen molar-refractivity contribution < 1.29 is 54.0 Å². The molecular formula is C31H32N2O11. The number of carbonyl (C=O) groups excluding carboxylic acids is 3. The third-order valence-electron chi connectivity index (χ3n) is 8.44. The lowest BCUT2D eigenvalue weighted by molar-refractivity contribution is -1.08. The van der Waals surface area contributed by atoms with Gasteiger partial charge < -0.3 is 30.4 Å². The molecule has 2 aromatic rings. The Balaban J connectivity index is 1.65. The molecule has 2 aromatic carbocycles. The number of hydrogen-bond acceptors (Lipinski definition) is 11. The van der Waals surface area contributed by atoms with Crippen LogP contribution in [0.1, 0.15) is 51.7 Å². The maximum atomic E-state index is 14.6. The van der Waals surface area contributed by atoms with Crippen molar-refractivity contribution in [2.45, 2.75) is 46.3 Å². The zero-order valence-corrected chi connectivity index (χ0v) is 24.7. The molecule has 1 amide bonds. The summed E-state index contributed by atoms with van der Waals surface area (Å²) in [5.74, 6) is -7.65. The molecule has 1 aliphatic carbocycles. The van der Waals surface area contributed by atoms with Gasteiger partial charge in [0.25, 0.3) is 0 Å². The molecule has 5 rings (SSSR count). The number of quaternary nitrogens is 1. The van der Waals surface area contributed by atoms with Gasteiger partial charge in [0.15, 0.2) is 23.0 Å². The van der Waals surface area contributed by atoms with E-state index in [-0.39, 0.29) is 40.5 Å². The number of hydroxylamine groups is 6. The van der Waals surface area contributed by atoms with E-state index in [1.54, 1.807) is 27.7 Å². The monoisotopic (exact) mass is 608 g/mol. The molecule has 0 saturated heterocycles. The average Bonchev–Trinajstić information content (AvgIpc) is 3.01. The zero-order chi connectivity index (χ0) is 32.3. The number of amides is 1. The maximum absolute atomic E-state index is 14.6. The van der Waals surface area contributed by atoms with Crippen molar-refractivity contribution in [3.05, 3.63) is 81.9 Å². The molecule has 0 radical (unpaired) electrons. The summed E-state index contributed by atoms with van der Waals surface area (Å²) in [5.41, 5.74) is -3.52. The molecule has 0 saturated carbocycles. The second-order valence-corrected chi connectivity index (χ2v) is 10.9. The average molecular weight is 609 g/mol. The van der Waals surface area contributed by atoms with Crippen LogP contribution in [0, 0.1) is 17.0 Å². The SMILES string of the molecule is CC[C@H](C)C1=C(O)[N@+]2([O-])Oc3ccc(C4=C(O)C(=O)C(c5ccc(O)cc5)=C(O)C4=O)cc3O[C@]2([C@@H](C)CC)C(=O)N1OC. The Hall–Kier alpha value is -4.85. The number of hydrogen-bond donors (Lipinski definition) is 4. The zero-order valence-electron chi connectivity index (χ0n) is 24.7. The van der Waals surface area contributed by atoms with Gasteiger partial charge in [-0.25, -0.2) is 0 Å². The van der Waals surface area contributed by atoms with Gasteiger partial charge in [0.1, 0.15) is 5.75 Å². The fourth-order valence-corrected chi connectivity index (χ4v) is 5.64. The fraction of sp³-hybridized carbons (Fsp3) is 0.323. The molecule has 2 heterocycles. The number of benzene rings is 2. The number of carbonyl (C=O) groups is 3. The highest BCUT2D eigenvalue weighted by atomic mass is 17.0. The van der Waals surface area contributed by atoms with Crippen LogP contribution in [0.5, 0.6) is 17.2 Å². The van der Waals surface area contributed by atoms with Crippen LogP contribution in [0.2, 0.25) is 0 Å². The van der Waals surface area contributed by atoms with Crippen molar-refractivity contribution in [1.82, 2.24) is 5.06 Å². The van der Waals surface area contributed by atoms with E-state index in [0.29, 0.717) is 6.42 Å². The van der Waals surface area contributed by atoms with Crippen molar-refractivity contribution in [3.63, 3.8) is 0 Å². The number of fused-ring (bicyclic) bond motifs is 2. The summed E-state index contributed by atoms with van der Waals surface area (Å²) >= 11 is 0. The predicted octanol–water partition coefficient (Wildman–Crippen LogP) is 4.70. The Kier molecular flexibility index (Phi) is 7.44. The van der Waals surface area contributed by atoms with Crippen molar-refractivity contribution in [1.29, 1.82) is 0 Å². The number of aromatic hydroxyl groups is 1. The van der Waals surface area contributed by atoms with E-state index >= 15 is 0 Å². The lowest BCUT2D eigenvalue weighted by Crippen LogP contribution is -2.78. The summed E-state index contributed by atoms with van der Waals surface area (Å²) in [6, 6.07) is 8.78. The molecule has 2 aliphatic heterocycles. The van der Waals surface area contributed by atoms with E-state index in [0.717, 1.165) is 5.06 Å². The van der Waals surface area contributed by atoms with Crippen molar-refractivity contribution in [2.24, 2.45) is 11.8 Å². The molecular weight excluding hydrogens is 576 g/mol. The van der Waals surface area contributed by atoms with Gasteiger partial charge in [0, 0.05) is 5.92 Å². The number of ketones is 2. The largest absolute Gasteiger partial charge is 0.578 e. The van der Waals surface area contributed by atoms with Gasteiger partial charge in [-0.1, -0.05) is 44.6 Å². The second kappa shape index (κ2) is 10.7. The van der Waals surface area contributed by atoms with Crippen LogP contribution in [-0.2, 0) is 19.2 Å². The molecule has 3 aliphatic rings. The molecule has 0 spiro atoms. The summed E-state index contributed by atoms with van der Waals surface area (Å²) in [6.45, 7) is 6.80. The highest BCUT2D eigenvalue weighted by Crippen LogP contribution is 2.53. The van der Waals surface area contributed by atoms with Crippen molar-refractivity contribution in [2.75, 3.05) is 7.11 Å². The number of aliphatic hydroxyl groups is 3. The molecule has 13 heteroatoms. The number of nitrogens with zero attached hydrogens (tertiary/aromatic N) is 2. The molecule has 13 nitrogen and oxygen atoms in total. The summed E-state index contributed by atoms with van der Waals surface area (Å²) in [4.78, 5) is 49.7. The van der Waals surface area contributed by atoms with Crippen LogP contribution in [0.3, 0.4) is 0 Å². The van der Waals surface area contributed by atoms with Gasteiger partial charge in [-0.3, -0.25) is 24.1 Å². The number of ether oxygens (including phenoxy) is 1.